The highest BCUT2D eigenvalue weighted by Crippen LogP contribution is 2.29. The van der Waals surface area contributed by atoms with E-state index in [0.717, 1.165) is 60.1 Å². The Balaban J connectivity index is 1.46. The van der Waals surface area contributed by atoms with Crippen molar-refractivity contribution in [3.8, 4) is 11.5 Å². The molecule has 1 N–H and O–H groups in total. The van der Waals surface area contributed by atoms with Crippen LogP contribution in [-0.4, -0.2) is 63.6 Å². The van der Waals surface area contributed by atoms with Gasteiger partial charge in [0.15, 0.2) is 17.3 Å². The van der Waals surface area contributed by atoms with Crippen LogP contribution < -0.4 is 15.0 Å². The number of tetrazole rings is 1. The second-order valence-corrected chi connectivity index (χ2v) is 10.4. The quantitative estimate of drug-likeness (QED) is 0.282. The van der Waals surface area contributed by atoms with Gasteiger partial charge in [0.1, 0.15) is 0 Å². The fraction of sp³-hybridized carbons (Fsp3) is 0.467. The Bertz CT molecular complexity index is 1490. The number of aromatic nitrogens is 5. The fourth-order valence-electron chi connectivity index (χ4n) is 5.52. The van der Waals surface area contributed by atoms with Crippen LogP contribution in [-0.2, 0) is 24.2 Å². The highest BCUT2D eigenvalue weighted by Gasteiger charge is 2.27. The summed E-state index contributed by atoms with van der Waals surface area (Å²) < 4.78 is 18.7. The van der Waals surface area contributed by atoms with E-state index >= 15 is 0 Å². The molecule has 1 aliphatic rings. The van der Waals surface area contributed by atoms with Crippen LogP contribution in [0.25, 0.3) is 10.9 Å². The van der Waals surface area contributed by atoms with Crippen LogP contribution in [0.4, 0.5) is 0 Å². The molecule has 212 valence electrons. The number of rotatable bonds is 12. The van der Waals surface area contributed by atoms with E-state index in [4.69, 9.17) is 14.2 Å². The number of benzene rings is 2. The summed E-state index contributed by atoms with van der Waals surface area (Å²) >= 11 is 0. The number of hydrogen-bond acceptors (Lipinski definition) is 8. The molecule has 0 amide bonds. The lowest BCUT2D eigenvalue weighted by Gasteiger charge is -2.30. The fourth-order valence-corrected chi connectivity index (χ4v) is 5.52. The van der Waals surface area contributed by atoms with Gasteiger partial charge < -0.3 is 19.2 Å². The highest BCUT2D eigenvalue weighted by molar-refractivity contribution is 5.79. The Morgan fingerprint density at radius 1 is 1.15 bits per heavy atom. The lowest BCUT2D eigenvalue weighted by molar-refractivity contribution is 0.0893. The molecule has 0 spiro atoms. The summed E-state index contributed by atoms with van der Waals surface area (Å²) in [6, 6.07) is 14.0. The second kappa shape index (κ2) is 12.6. The first-order valence-electron chi connectivity index (χ1n) is 13.9. The van der Waals surface area contributed by atoms with Crippen LogP contribution in [0.2, 0.25) is 0 Å². The van der Waals surface area contributed by atoms with E-state index < -0.39 is 0 Å². The van der Waals surface area contributed by atoms with Gasteiger partial charge in [0.05, 0.1) is 32.9 Å². The first kappa shape index (κ1) is 27.8. The third kappa shape index (κ3) is 6.18. The van der Waals surface area contributed by atoms with Crippen molar-refractivity contribution in [1.82, 2.24) is 30.1 Å². The number of pyridine rings is 1. The summed E-state index contributed by atoms with van der Waals surface area (Å²) in [7, 11) is 3.27. The molecule has 0 saturated carbocycles. The van der Waals surface area contributed by atoms with E-state index in [1.807, 2.05) is 41.9 Å². The predicted molar refractivity (Wildman–Crippen MR) is 153 cm³/mol. The first-order chi connectivity index (χ1) is 19.5. The van der Waals surface area contributed by atoms with Gasteiger partial charge in [-0.2, -0.15) is 0 Å². The molecule has 2 atom stereocenters. The molecule has 2 aromatic carbocycles. The third-order valence-corrected chi connectivity index (χ3v) is 7.67. The SMILES string of the molecule is CCC(c1nnnn1CC1CCCO1)N(CCc1ccc(OC)c(OC)c1)Cc1cc2ccc(C)cc2[nH]c1=O. The number of fused-ring (bicyclic) bond motifs is 1. The number of nitrogens with zero attached hydrogens (tertiary/aromatic N) is 5. The van der Waals surface area contributed by atoms with E-state index in [1.165, 1.54) is 0 Å². The maximum Gasteiger partial charge on any atom is 0.252 e. The van der Waals surface area contributed by atoms with Crippen LogP contribution in [0.5, 0.6) is 11.5 Å². The maximum absolute atomic E-state index is 13.2. The molecule has 10 nitrogen and oxygen atoms in total. The molecule has 10 heteroatoms. The van der Waals surface area contributed by atoms with Gasteiger partial charge in [0, 0.05) is 30.8 Å². The van der Waals surface area contributed by atoms with Crippen LogP contribution in [0.1, 0.15) is 54.7 Å². The van der Waals surface area contributed by atoms with Gasteiger partial charge >= 0.3 is 0 Å². The Kier molecular flexibility index (Phi) is 8.76. The van der Waals surface area contributed by atoms with Crippen molar-refractivity contribution >= 4 is 10.9 Å². The van der Waals surface area contributed by atoms with Gasteiger partial charge in [-0.15, -0.1) is 5.10 Å². The van der Waals surface area contributed by atoms with Crippen molar-refractivity contribution in [2.24, 2.45) is 0 Å². The zero-order valence-corrected chi connectivity index (χ0v) is 23.7. The summed E-state index contributed by atoms with van der Waals surface area (Å²) in [5.74, 6) is 2.18. The standard InChI is InChI=1S/C30H38N6O4/c1-5-26(29-32-33-34-36(29)19-24-7-6-14-40-24)35(13-12-21-9-11-27(38-3)28(16-21)39-4)18-23-17-22-10-8-20(2)15-25(22)31-30(23)37/h8-11,15-17,24,26H,5-7,12-14,18-19H2,1-4H3,(H,31,37). The van der Waals surface area contributed by atoms with E-state index in [1.54, 1.807) is 14.2 Å². The van der Waals surface area contributed by atoms with Crippen molar-refractivity contribution < 1.29 is 14.2 Å². The minimum absolute atomic E-state index is 0.0805. The molecule has 0 aliphatic carbocycles. The van der Waals surface area contributed by atoms with Gasteiger partial charge in [-0.25, -0.2) is 4.68 Å². The Morgan fingerprint density at radius 3 is 2.75 bits per heavy atom. The summed E-state index contributed by atoms with van der Waals surface area (Å²) in [6.07, 6.45) is 3.70. The molecule has 2 unspecified atom stereocenters. The maximum atomic E-state index is 13.2. The summed E-state index contributed by atoms with van der Waals surface area (Å²) in [6.45, 7) is 6.70. The second-order valence-electron chi connectivity index (χ2n) is 10.4. The average Bonchev–Trinajstić information content (AvgIpc) is 3.65. The van der Waals surface area contributed by atoms with Crippen LogP contribution in [0.3, 0.4) is 0 Å². The molecule has 0 bridgehead atoms. The largest absolute Gasteiger partial charge is 0.493 e. The van der Waals surface area contributed by atoms with Crippen molar-refractivity contribution in [1.29, 1.82) is 0 Å². The van der Waals surface area contributed by atoms with Crippen molar-refractivity contribution in [2.45, 2.75) is 64.8 Å². The molecular formula is C30H38N6O4. The number of ether oxygens (including phenoxy) is 3. The molecule has 0 radical (unpaired) electrons. The van der Waals surface area contributed by atoms with Crippen molar-refractivity contribution in [3.63, 3.8) is 0 Å². The minimum atomic E-state index is -0.0929. The van der Waals surface area contributed by atoms with Crippen molar-refractivity contribution in [2.75, 3.05) is 27.4 Å². The monoisotopic (exact) mass is 546 g/mol. The summed E-state index contributed by atoms with van der Waals surface area (Å²) in [5.41, 5.74) is 3.69. The molecule has 1 fully saturated rings. The molecule has 1 saturated heterocycles. The minimum Gasteiger partial charge on any atom is -0.493 e. The van der Waals surface area contributed by atoms with Gasteiger partial charge in [0.2, 0.25) is 0 Å². The molecule has 4 aromatic rings. The number of aryl methyl sites for hydroxylation is 1. The van der Waals surface area contributed by atoms with Crippen molar-refractivity contribution in [3.05, 3.63) is 75.3 Å². The normalized spacial score (nSPS) is 16.1. The third-order valence-electron chi connectivity index (χ3n) is 7.67. The zero-order valence-electron chi connectivity index (χ0n) is 23.7. The number of methoxy groups -OCH3 is 2. The average molecular weight is 547 g/mol. The van der Waals surface area contributed by atoms with Gasteiger partial charge in [0.25, 0.3) is 5.56 Å². The van der Waals surface area contributed by atoms with E-state index in [2.05, 4.69) is 44.5 Å². The summed E-state index contributed by atoms with van der Waals surface area (Å²) in [5, 5.41) is 13.8. The predicted octanol–water partition coefficient (Wildman–Crippen LogP) is 4.22. The number of hydrogen-bond donors (Lipinski definition) is 1. The van der Waals surface area contributed by atoms with Gasteiger partial charge in [-0.3, -0.25) is 9.69 Å². The van der Waals surface area contributed by atoms with E-state index in [9.17, 15) is 4.79 Å². The highest BCUT2D eigenvalue weighted by atomic mass is 16.5. The molecule has 1 aliphatic heterocycles. The zero-order chi connectivity index (χ0) is 28.1. The van der Waals surface area contributed by atoms with Gasteiger partial charge in [-0.1, -0.05) is 25.1 Å². The Morgan fingerprint density at radius 2 is 2.00 bits per heavy atom. The lowest BCUT2D eigenvalue weighted by Crippen LogP contribution is -2.34. The van der Waals surface area contributed by atoms with Gasteiger partial charge in [-0.05, 0) is 83.8 Å². The smallest absolute Gasteiger partial charge is 0.252 e. The molecular weight excluding hydrogens is 508 g/mol. The number of nitrogens with one attached hydrogen (secondary N) is 1. The molecule has 3 heterocycles. The molecule has 40 heavy (non-hydrogen) atoms. The number of H-pyrrole nitrogens is 1. The van der Waals surface area contributed by atoms with E-state index in [-0.39, 0.29) is 17.7 Å². The topological polar surface area (TPSA) is 107 Å². The first-order valence-corrected chi connectivity index (χ1v) is 13.9. The Hall–Kier alpha value is -3.76. The Labute approximate surface area is 234 Å². The summed E-state index contributed by atoms with van der Waals surface area (Å²) in [4.78, 5) is 18.6. The van der Waals surface area contributed by atoms with Crippen LogP contribution in [0, 0.1) is 6.92 Å². The molecule has 5 rings (SSSR count). The number of aromatic amines is 1. The van der Waals surface area contributed by atoms with Crippen LogP contribution in [0.15, 0.2) is 47.3 Å². The van der Waals surface area contributed by atoms with Crippen LogP contribution >= 0.6 is 0 Å². The van der Waals surface area contributed by atoms with E-state index in [0.29, 0.717) is 36.7 Å². The molecule has 2 aromatic heterocycles. The lowest BCUT2D eigenvalue weighted by atomic mass is 10.1.